The van der Waals surface area contributed by atoms with Gasteiger partial charge in [0, 0.05) is 6.04 Å². The Morgan fingerprint density at radius 2 is 1.71 bits per heavy atom. The summed E-state index contributed by atoms with van der Waals surface area (Å²) in [5.41, 5.74) is -1.02. The third-order valence-electron chi connectivity index (χ3n) is 4.55. The summed E-state index contributed by atoms with van der Waals surface area (Å²) in [7, 11) is 0. The van der Waals surface area contributed by atoms with Crippen LogP contribution >= 0.6 is 0 Å². The topological polar surface area (TPSA) is 49.4 Å². The van der Waals surface area contributed by atoms with Gasteiger partial charge in [0.05, 0.1) is 0 Å². The van der Waals surface area contributed by atoms with Gasteiger partial charge in [0.1, 0.15) is 11.1 Å². The largest absolute Gasteiger partial charge is 0.336 e. The van der Waals surface area contributed by atoms with Crippen LogP contribution in [-0.2, 0) is 15.1 Å². The van der Waals surface area contributed by atoms with Crippen molar-refractivity contribution in [3.63, 3.8) is 0 Å². The summed E-state index contributed by atoms with van der Waals surface area (Å²) >= 11 is 0. The second-order valence-corrected chi connectivity index (χ2v) is 6.44. The van der Waals surface area contributed by atoms with Gasteiger partial charge < -0.3 is 10.2 Å². The van der Waals surface area contributed by atoms with E-state index in [1.54, 1.807) is 25.7 Å². The Hall–Kier alpha value is -1.84. The minimum atomic E-state index is -1.00. The molecule has 0 bridgehead atoms. The Kier molecular flexibility index (Phi) is 3.83. The second-order valence-electron chi connectivity index (χ2n) is 6.44. The first kappa shape index (κ1) is 15.5. The molecule has 2 atom stereocenters. The highest BCUT2D eigenvalue weighted by Gasteiger charge is 2.54. The smallest absolute Gasteiger partial charge is 0.253 e. The lowest BCUT2D eigenvalue weighted by atomic mass is 9.82. The highest BCUT2D eigenvalue weighted by Crippen LogP contribution is 2.34. The van der Waals surface area contributed by atoms with E-state index in [2.05, 4.69) is 5.32 Å². The summed E-state index contributed by atoms with van der Waals surface area (Å²) < 4.78 is 0. The number of hydrogen-bond donors (Lipinski definition) is 1. The number of carbonyl (C=O) groups is 2. The number of carbonyl (C=O) groups excluding carboxylic acids is 2. The third-order valence-corrected chi connectivity index (χ3v) is 4.55. The highest BCUT2D eigenvalue weighted by atomic mass is 16.2. The first-order valence-electron chi connectivity index (χ1n) is 7.47. The van der Waals surface area contributed by atoms with E-state index in [1.165, 1.54) is 0 Å². The van der Waals surface area contributed by atoms with Crippen molar-refractivity contribution in [1.29, 1.82) is 0 Å². The Labute approximate surface area is 126 Å². The van der Waals surface area contributed by atoms with Crippen molar-refractivity contribution >= 4 is 11.8 Å². The Balaban J connectivity index is 2.52. The number of benzene rings is 1. The minimum absolute atomic E-state index is 0.0154. The van der Waals surface area contributed by atoms with E-state index in [0.717, 1.165) is 12.0 Å². The van der Waals surface area contributed by atoms with Gasteiger partial charge >= 0.3 is 0 Å². The molecular formula is C17H24N2O2. The molecule has 2 rings (SSSR count). The Morgan fingerprint density at radius 1 is 1.14 bits per heavy atom. The quantitative estimate of drug-likeness (QED) is 0.928. The van der Waals surface area contributed by atoms with Crippen molar-refractivity contribution in [3.05, 3.63) is 35.9 Å². The maximum absolute atomic E-state index is 13.1. The van der Waals surface area contributed by atoms with Crippen molar-refractivity contribution in [2.75, 3.05) is 0 Å². The van der Waals surface area contributed by atoms with Gasteiger partial charge in [0.25, 0.3) is 5.91 Å². The molecule has 1 N–H and O–H groups in total. The average molecular weight is 288 g/mol. The van der Waals surface area contributed by atoms with Crippen LogP contribution < -0.4 is 5.32 Å². The Morgan fingerprint density at radius 3 is 2.24 bits per heavy atom. The number of piperazine rings is 1. The van der Waals surface area contributed by atoms with Crippen molar-refractivity contribution < 1.29 is 9.59 Å². The van der Waals surface area contributed by atoms with E-state index < -0.39 is 11.1 Å². The summed E-state index contributed by atoms with van der Waals surface area (Å²) in [5.74, 6) is -0.165. The lowest BCUT2D eigenvalue weighted by Crippen LogP contribution is -2.73. The molecule has 1 saturated heterocycles. The molecule has 1 aliphatic heterocycles. The first-order valence-corrected chi connectivity index (χ1v) is 7.47. The van der Waals surface area contributed by atoms with Crippen LogP contribution in [0.25, 0.3) is 0 Å². The summed E-state index contributed by atoms with van der Waals surface area (Å²) in [6, 6.07) is 9.44. The van der Waals surface area contributed by atoms with Crippen molar-refractivity contribution in [2.45, 2.75) is 58.2 Å². The van der Waals surface area contributed by atoms with Crippen LogP contribution in [0.4, 0.5) is 0 Å². The Bertz CT molecular complexity index is 553. The van der Waals surface area contributed by atoms with E-state index in [9.17, 15) is 9.59 Å². The number of nitrogens with one attached hydrogen (secondary N) is 1. The summed E-state index contributed by atoms with van der Waals surface area (Å²) in [6.07, 6.45) is 0.813. The molecule has 4 heteroatoms. The van der Waals surface area contributed by atoms with E-state index >= 15 is 0 Å². The van der Waals surface area contributed by atoms with Crippen LogP contribution in [0, 0.1) is 0 Å². The fourth-order valence-electron chi connectivity index (χ4n) is 2.94. The summed E-state index contributed by atoms with van der Waals surface area (Å²) in [5, 5.41) is 2.93. The van der Waals surface area contributed by atoms with Crippen LogP contribution in [0.1, 0.15) is 46.6 Å². The summed E-state index contributed by atoms with van der Waals surface area (Å²) in [4.78, 5) is 27.4. The number of nitrogens with zero attached hydrogens (tertiary/aromatic N) is 1. The van der Waals surface area contributed by atoms with Gasteiger partial charge in [0.2, 0.25) is 5.91 Å². The first-order chi connectivity index (χ1) is 9.75. The van der Waals surface area contributed by atoms with E-state index in [1.807, 2.05) is 44.2 Å². The molecular weight excluding hydrogens is 264 g/mol. The van der Waals surface area contributed by atoms with Crippen LogP contribution in [0.2, 0.25) is 0 Å². The fraction of sp³-hybridized carbons (Fsp3) is 0.529. The second kappa shape index (κ2) is 5.17. The van der Waals surface area contributed by atoms with Gasteiger partial charge in [-0.3, -0.25) is 9.59 Å². The predicted octanol–water partition coefficient (Wildman–Crippen LogP) is 2.44. The maximum Gasteiger partial charge on any atom is 0.253 e. The zero-order chi connectivity index (χ0) is 15.8. The predicted molar refractivity (Wildman–Crippen MR) is 82.6 cm³/mol. The molecule has 0 aromatic heterocycles. The molecule has 0 saturated carbocycles. The van der Waals surface area contributed by atoms with Crippen LogP contribution in [0.3, 0.4) is 0 Å². The molecule has 0 aliphatic carbocycles. The number of rotatable bonds is 3. The van der Waals surface area contributed by atoms with Crippen LogP contribution in [0.5, 0.6) is 0 Å². The average Bonchev–Trinajstić information content (AvgIpc) is 2.46. The zero-order valence-electron chi connectivity index (χ0n) is 13.4. The van der Waals surface area contributed by atoms with Crippen LogP contribution in [0.15, 0.2) is 30.3 Å². The lowest BCUT2D eigenvalue weighted by Gasteiger charge is -2.51. The maximum atomic E-state index is 13.1. The van der Waals surface area contributed by atoms with Crippen molar-refractivity contribution in [3.8, 4) is 0 Å². The summed E-state index contributed by atoms with van der Waals surface area (Å²) in [6.45, 7) is 9.41. The molecule has 1 fully saturated rings. The van der Waals surface area contributed by atoms with Gasteiger partial charge in [-0.15, -0.1) is 0 Å². The van der Waals surface area contributed by atoms with Crippen LogP contribution in [-0.4, -0.2) is 28.3 Å². The third kappa shape index (κ3) is 2.33. The van der Waals surface area contributed by atoms with Gasteiger partial charge in [-0.2, -0.15) is 0 Å². The molecule has 1 heterocycles. The molecule has 0 radical (unpaired) electrons. The van der Waals surface area contributed by atoms with E-state index in [0.29, 0.717) is 0 Å². The van der Waals surface area contributed by atoms with Crippen molar-refractivity contribution in [1.82, 2.24) is 10.2 Å². The fourth-order valence-corrected chi connectivity index (χ4v) is 2.94. The van der Waals surface area contributed by atoms with Gasteiger partial charge in [-0.25, -0.2) is 0 Å². The normalized spacial score (nSPS) is 26.4. The SMILES string of the molecule is CCC(C)N1C(=O)C(C)(c2ccccc2)NC(=O)C1(C)C. The molecule has 1 aromatic rings. The minimum Gasteiger partial charge on any atom is -0.336 e. The molecule has 2 amide bonds. The van der Waals surface area contributed by atoms with Gasteiger partial charge in [-0.1, -0.05) is 37.3 Å². The highest BCUT2D eigenvalue weighted by molar-refractivity contribution is 6.02. The monoisotopic (exact) mass is 288 g/mol. The molecule has 114 valence electrons. The molecule has 1 aliphatic rings. The molecule has 1 aromatic carbocycles. The molecule has 4 nitrogen and oxygen atoms in total. The van der Waals surface area contributed by atoms with Gasteiger partial charge in [0.15, 0.2) is 0 Å². The molecule has 21 heavy (non-hydrogen) atoms. The van der Waals surface area contributed by atoms with E-state index in [4.69, 9.17) is 0 Å². The zero-order valence-corrected chi connectivity index (χ0v) is 13.4. The number of hydrogen-bond acceptors (Lipinski definition) is 2. The lowest BCUT2D eigenvalue weighted by molar-refractivity contribution is -0.164. The molecule has 2 unspecified atom stereocenters. The number of amides is 2. The van der Waals surface area contributed by atoms with Crippen molar-refractivity contribution in [2.24, 2.45) is 0 Å². The standard InChI is InChI=1S/C17H24N2O2/c1-6-12(2)19-15(21)17(5,13-10-8-7-9-11-13)18-14(20)16(19,3)4/h7-12H,6H2,1-5H3,(H,18,20). The van der Waals surface area contributed by atoms with Gasteiger partial charge in [-0.05, 0) is 39.7 Å². The molecule has 0 spiro atoms. The van der Waals surface area contributed by atoms with E-state index in [-0.39, 0.29) is 17.9 Å².